The first kappa shape index (κ1) is 20.6. The number of amides is 1. The Morgan fingerprint density at radius 2 is 1.81 bits per heavy atom. The van der Waals surface area contributed by atoms with Gasteiger partial charge in [-0.15, -0.1) is 12.4 Å². The minimum Gasteiger partial charge on any atom is -0.369 e. The van der Waals surface area contributed by atoms with Crippen LogP contribution in [0.25, 0.3) is 11.3 Å². The van der Waals surface area contributed by atoms with E-state index in [2.05, 4.69) is 15.3 Å². The van der Waals surface area contributed by atoms with Crippen molar-refractivity contribution in [1.82, 2.24) is 9.97 Å². The predicted molar refractivity (Wildman–Crippen MR) is 100 cm³/mol. The number of nitrogen functional groups attached to an aromatic ring is 1. The lowest BCUT2D eigenvalue weighted by Gasteiger charge is -2.11. The molecule has 1 heterocycles. The Kier molecular flexibility index (Phi) is 6.02. The smallest absolute Gasteiger partial charge is 0.369 e. The van der Waals surface area contributed by atoms with Crippen LogP contribution in [0.5, 0.6) is 0 Å². The largest absolute Gasteiger partial charge is 0.417 e. The molecule has 0 fully saturated rings. The fourth-order valence-electron chi connectivity index (χ4n) is 2.30. The van der Waals surface area contributed by atoms with E-state index in [4.69, 9.17) is 17.3 Å². The van der Waals surface area contributed by atoms with Crippen LogP contribution in [0, 0.1) is 0 Å². The van der Waals surface area contributed by atoms with Crippen LogP contribution in [0.2, 0.25) is 5.02 Å². The molecule has 142 valence electrons. The van der Waals surface area contributed by atoms with Crippen LogP contribution >= 0.6 is 24.0 Å². The van der Waals surface area contributed by atoms with E-state index >= 15 is 0 Å². The van der Waals surface area contributed by atoms with Gasteiger partial charge in [0.2, 0.25) is 0 Å². The minimum absolute atomic E-state index is 0. The van der Waals surface area contributed by atoms with Crippen LogP contribution in [0.4, 0.5) is 24.8 Å². The summed E-state index contributed by atoms with van der Waals surface area (Å²) >= 11 is 5.55. The van der Waals surface area contributed by atoms with Gasteiger partial charge in [0, 0.05) is 11.3 Å². The van der Waals surface area contributed by atoms with Crippen molar-refractivity contribution in [2.75, 3.05) is 11.1 Å². The van der Waals surface area contributed by atoms with Gasteiger partial charge in [-0.25, -0.2) is 4.98 Å². The number of nitrogens with zero attached hydrogens (tertiary/aromatic N) is 1. The molecule has 1 aromatic heterocycles. The Bertz CT molecular complexity index is 956. The number of nitrogens with two attached hydrogens (primary N) is 1. The Balaban J connectivity index is 0.00000261. The number of aromatic nitrogens is 2. The first-order chi connectivity index (χ1) is 12.2. The van der Waals surface area contributed by atoms with Gasteiger partial charge in [-0.2, -0.15) is 13.2 Å². The summed E-state index contributed by atoms with van der Waals surface area (Å²) in [5.41, 5.74) is 6.23. The highest BCUT2D eigenvalue weighted by Crippen LogP contribution is 2.35. The maximum absolute atomic E-state index is 12.9. The molecule has 0 aliphatic rings. The SMILES string of the molecule is Cl.Nc1ncc(-c2ccc(NC(=O)c3ccc(Cl)c(C(F)(F)F)c3)cc2)[nH]1. The highest BCUT2D eigenvalue weighted by molar-refractivity contribution is 6.31. The Morgan fingerprint density at radius 3 is 2.37 bits per heavy atom. The Labute approximate surface area is 163 Å². The summed E-state index contributed by atoms with van der Waals surface area (Å²) < 4.78 is 38.7. The van der Waals surface area contributed by atoms with E-state index in [1.807, 2.05) is 0 Å². The normalized spacial score (nSPS) is 11.0. The number of imidazole rings is 1. The highest BCUT2D eigenvalue weighted by atomic mass is 35.5. The molecule has 3 aromatic rings. The molecule has 0 unspecified atom stereocenters. The molecule has 4 N–H and O–H groups in total. The lowest BCUT2D eigenvalue weighted by molar-refractivity contribution is -0.137. The number of rotatable bonds is 3. The second kappa shape index (κ2) is 7.89. The van der Waals surface area contributed by atoms with E-state index in [-0.39, 0.29) is 23.9 Å². The summed E-state index contributed by atoms with van der Waals surface area (Å²) in [5.74, 6) is -0.397. The maximum Gasteiger partial charge on any atom is 0.417 e. The van der Waals surface area contributed by atoms with Crippen LogP contribution in [0.1, 0.15) is 15.9 Å². The van der Waals surface area contributed by atoms with E-state index in [0.29, 0.717) is 11.4 Å². The van der Waals surface area contributed by atoms with Gasteiger partial charge in [0.1, 0.15) is 0 Å². The number of benzene rings is 2. The van der Waals surface area contributed by atoms with Gasteiger partial charge in [0.25, 0.3) is 5.91 Å². The van der Waals surface area contributed by atoms with E-state index in [1.54, 1.807) is 30.5 Å². The lowest BCUT2D eigenvalue weighted by atomic mass is 10.1. The quantitative estimate of drug-likeness (QED) is 0.561. The van der Waals surface area contributed by atoms with Crippen LogP contribution < -0.4 is 11.1 Å². The fraction of sp³-hybridized carbons (Fsp3) is 0.0588. The standard InChI is InChI=1S/C17H12ClF3N4O.ClH/c18-13-6-3-10(7-12(13)17(19,20)21)15(26)24-11-4-1-9(2-5-11)14-8-23-16(22)25-14;/h1-8H,(H,24,26)(H3,22,23,25);1H. The first-order valence-electron chi connectivity index (χ1n) is 7.33. The Morgan fingerprint density at radius 1 is 1.15 bits per heavy atom. The van der Waals surface area contributed by atoms with Crippen molar-refractivity contribution in [3.05, 3.63) is 64.8 Å². The average molecular weight is 417 g/mol. The van der Waals surface area contributed by atoms with Crippen LogP contribution in [-0.2, 0) is 6.18 Å². The van der Waals surface area contributed by atoms with Crippen molar-refractivity contribution in [3.8, 4) is 11.3 Å². The second-order valence-electron chi connectivity index (χ2n) is 5.41. The highest BCUT2D eigenvalue weighted by Gasteiger charge is 2.33. The number of nitrogens with one attached hydrogen (secondary N) is 2. The van der Waals surface area contributed by atoms with Crippen molar-refractivity contribution >= 4 is 41.6 Å². The number of halogens is 5. The van der Waals surface area contributed by atoms with Gasteiger partial charge >= 0.3 is 6.18 Å². The molecule has 0 aliphatic heterocycles. The average Bonchev–Trinajstić information content (AvgIpc) is 3.01. The third-order valence-corrected chi connectivity index (χ3v) is 3.91. The number of H-pyrrole nitrogens is 1. The maximum atomic E-state index is 12.9. The molecule has 1 amide bonds. The molecule has 27 heavy (non-hydrogen) atoms. The molecule has 0 radical (unpaired) electrons. The molecule has 0 bridgehead atoms. The summed E-state index contributed by atoms with van der Waals surface area (Å²) in [5, 5.41) is 2.08. The fourth-order valence-corrected chi connectivity index (χ4v) is 2.53. The molecule has 0 saturated heterocycles. The van der Waals surface area contributed by atoms with Gasteiger partial charge in [-0.3, -0.25) is 4.79 Å². The van der Waals surface area contributed by atoms with Crippen LogP contribution in [-0.4, -0.2) is 15.9 Å². The second-order valence-corrected chi connectivity index (χ2v) is 5.81. The molecular weight excluding hydrogens is 404 g/mol. The molecule has 0 spiro atoms. The number of alkyl halides is 3. The number of carbonyl (C=O) groups is 1. The molecule has 3 rings (SSSR count). The topological polar surface area (TPSA) is 83.8 Å². The zero-order valence-electron chi connectivity index (χ0n) is 13.5. The van der Waals surface area contributed by atoms with E-state index in [9.17, 15) is 18.0 Å². The van der Waals surface area contributed by atoms with E-state index < -0.39 is 22.7 Å². The molecule has 5 nitrogen and oxygen atoms in total. The minimum atomic E-state index is -4.64. The number of hydrogen-bond donors (Lipinski definition) is 3. The van der Waals surface area contributed by atoms with Gasteiger partial charge in [0.15, 0.2) is 5.95 Å². The van der Waals surface area contributed by atoms with E-state index in [0.717, 1.165) is 17.7 Å². The van der Waals surface area contributed by atoms with Crippen molar-refractivity contribution in [1.29, 1.82) is 0 Å². The monoisotopic (exact) mass is 416 g/mol. The summed E-state index contributed by atoms with van der Waals surface area (Å²) in [7, 11) is 0. The van der Waals surface area contributed by atoms with Crippen molar-refractivity contribution in [2.45, 2.75) is 6.18 Å². The summed E-state index contributed by atoms with van der Waals surface area (Å²) in [4.78, 5) is 19.0. The van der Waals surface area contributed by atoms with Gasteiger partial charge in [-0.1, -0.05) is 23.7 Å². The van der Waals surface area contributed by atoms with Crippen molar-refractivity contribution in [2.24, 2.45) is 0 Å². The Hall–Kier alpha value is -2.71. The van der Waals surface area contributed by atoms with Crippen molar-refractivity contribution < 1.29 is 18.0 Å². The van der Waals surface area contributed by atoms with Gasteiger partial charge in [0.05, 0.1) is 22.5 Å². The summed E-state index contributed by atoms with van der Waals surface area (Å²) in [6.07, 6.45) is -3.07. The first-order valence-corrected chi connectivity index (χ1v) is 7.71. The molecule has 0 saturated carbocycles. The van der Waals surface area contributed by atoms with E-state index in [1.165, 1.54) is 6.07 Å². The summed E-state index contributed by atoms with van der Waals surface area (Å²) in [6, 6.07) is 9.66. The molecule has 2 aromatic carbocycles. The number of aromatic amines is 1. The molecular formula is C17H13Cl2F3N4O. The zero-order valence-corrected chi connectivity index (χ0v) is 15.0. The predicted octanol–water partition coefficient (Wildman–Crippen LogP) is 5.01. The van der Waals surface area contributed by atoms with Gasteiger partial charge in [-0.05, 0) is 35.9 Å². The molecule has 0 aliphatic carbocycles. The van der Waals surface area contributed by atoms with Gasteiger partial charge < -0.3 is 16.0 Å². The van der Waals surface area contributed by atoms with Crippen LogP contribution in [0.3, 0.4) is 0 Å². The molecule has 10 heteroatoms. The number of hydrogen-bond acceptors (Lipinski definition) is 3. The number of anilines is 2. The zero-order chi connectivity index (χ0) is 18.9. The lowest BCUT2D eigenvalue weighted by Crippen LogP contribution is -2.14. The third-order valence-electron chi connectivity index (χ3n) is 3.58. The number of carbonyl (C=O) groups excluding carboxylic acids is 1. The third kappa shape index (κ3) is 4.72. The van der Waals surface area contributed by atoms with Crippen molar-refractivity contribution in [3.63, 3.8) is 0 Å². The molecule has 0 atom stereocenters. The van der Waals surface area contributed by atoms with Crippen LogP contribution in [0.15, 0.2) is 48.7 Å². The summed E-state index contributed by atoms with van der Waals surface area (Å²) in [6.45, 7) is 0.